The Morgan fingerprint density at radius 2 is 2.40 bits per heavy atom. The van der Waals surface area contributed by atoms with Crippen LogP contribution in [0.2, 0.25) is 0 Å². The molecule has 0 spiro atoms. The molecule has 1 nitrogen and oxygen atoms in total. The minimum atomic E-state index is 0.728. The van der Waals surface area contributed by atoms with Crippen LogP contribution in [0.3, 0.4) is 0 Å². The molecule has 1 atom stereocenters. The summed E-state index contributed by atoms with van der Waals surface area (Å²) >= 11 is 0. The number of nitrogens with one attached hydrogen (secondary N) is 1. The maximum Gasteiger partial charge on any atom is 0.0104 e. The van der Waals surface area contributed by atoms with Crippen molar-refractivity contribution in [1.82, 2.24) is 5.32 Å². The average Bonchev–Trinajstić information content (AvgIpc) is 1.88. The van der Waals surface area contributed by atoms with E-state index in [9.17, 15) is 0 Å². The van der Waals surface area contributed by atoms with E-state index in [1.54, 1.807) is 0 Å². The van der Waals surface area contributed by atoms with Crippen LogP contribution in [-0.2, 0) is 0 Å². The third-order valence-electron chi connectivity index (χ3n) is 2.01. The average molecular weight is 139 g/mol. The lowest BCUT2D eigenvalue weighted by Crippen LogP contribution is -2.33. The van der Waals surface area contributed by atoms with Gasteiger partial charge in [-0.3, -0.25) is 0 Å². The van der Waals surface area contributed by atoms with Crippen LogP contribution in [0.15, 0.2) is 12.2 Å². The molecule has 0 aromatic heterocycles. The predicted octanol–water partition coefficient (Wildman–Crippen LogP) is 2.09. The van der Waals surface area contributed by atoms with Crippen molar-refractivity contribution >= 4 is 0 Å². The maximum atomic E-state index is 3.91. The topological polar surface area (TPSA) is 12.0 Å². The van der Waals surface area contributed by atoms with Gasteiger partial charge in [-0.2, -0.15) is 0 Å². The number of rotatable bonds is 2. The number of hydrogen-bond acceptors (Lipinski definition) is 1. The van der Waals surface area contributed by atoms with Gasteiger partial charge in [0.2, 0.25) is 0 Å². The molecule has 10 heavy (non-hydrogen) atoms. The fourth-order valence-electron chi connectivity index (χ4n) is 1.52. The molecule has 0 amide bonds. The van der Waals surface area contributed by atoms with Crippen LogP contribution < -0.4 is 5.32 Å². The van der Waals surface area contributed by atoms with Gasteiger partial charge >= 0.3 is 0 Å². The van der Waals surface area contributed by atoms with E-state index in [4.69, 9.17) is 0 Å². The molecule has 0 bridgehead atoms. The minimum absolute atomic E-state index is 0.728. The zero-order chi connectivity index (χ0) is 7.40. The molecule has 58 valence electrons. The highest BCUT2D eigenvalue weighted by Gasteiger charge is 2.11. The molecule has 1 fully saturated rings. The quantitative estimate of drug-likeness (QED) is 0.578. The van der Waals surface area contributed by atoms with Gasteiger partial charge in [0, 0.05) is 6.04 Å². The first-order valence-electron chi connectivity index (χ1n) is 4.17. The Labute approximate surface area is 63.5 Å². The first-order valence-corrected chi connectivity index (χ1v) is 4.17. The zero-order valence-corrected chi connectivity index (χ0v) is 6.82. The highest BCUT2D eigenvalue weighted by molar-refractivity contribution is 4.93. The Hall–Kier alpha value is -0.300. The Kier molecular flexibility index (Phi) is 2.94. The second-order valence-electron chi connectivity index (χ2n) is 3.31. The first kappa shape index (κ1) is 7.80. The van der Waals surface area contributed by atoms with Gasteiger partial charge in [-0.25, -0.2) is 0 Å². The third kappa shape index (κ3) is 2.53. The number of hydrogen-bond donors (Lipinski definition) is 1. The van der Waals surface area contributed by atoms with Crippen molar-refractivity contribution in [2.45, 2.75) is 38.6 Å². The van der Waals surface area contributed by atoms with Gasteiger partial charge in [0.25, 0.3) is 0 Å². The van der Waals surface area contributed by atoms with Crippen LogP contribution in [0.1, 0.15) is 32.6 Å². The minimum Gasteiger partial charge on any atom is -0.314 e. The fraction of sp³-hybridized carbons (Fsp3) is 0.778. The largest absolute Gasteiger partial charge is 0.314 e. The summed E-state index contributed by atoms with van der Waals surface area (Å²) in [5.74, 6) is 0. The molecule has 0 radical (unpaired) electrons. The van der Waals surface area contributed by atoms with E-state index in [0.717, 1.165) is 6.04 Å². The number of piperidine rings is 1. The van der Waals surface area contributed by atoms with E-state index < -0.39 is 0 Å². The molecule has 0 aromatic carbocycles. The van der Waals surface area contributed by atoms with Gasteiger partial charge in [0.05, 0.1) is 0 Å². The SMILES string of the molecule is C=C(C)C[C@@H]1CCCCN1. The summed E-state index contributed by atoms with van der Waals surface area (Å²) in [6.45, 7) is 7.22. The van der Waals surface area contributed by atoms with Crippen LogP contribution in [0.5, 0.6) is 0 Å². The smallest absolute Gasteiger partial charge is 0.0104 e. The van der Waals surface area contributed by atoms with Crippen LogP contribution in [0.4, 0.5) is 0 Å². The molecule has 0 aromatic rings. The monoisotopic (exact) mass is 139 g/mol. The molecule has 1 aliphatic heterocycles. The molecule has 0 aliphatic carbocycles. The van der Waals surface area contributed by atoms with Gasteiger partial charge in [0.1, 0.15) is 0 Å². The van der Waals surface area contributed by atoms with Gasteiger partial charge in [-0.05, 0) is 32.7 Å². The van der Waals surface area contributed by atoms with Crippen molar-refractivity contribution < 1.29 is 0 Å². The second-order valence-corrected chi connectivity index (χ2v) is 3.31. The summed E-state index contributed by atoms with van der Waals surface area (Å²) in [5, 5.41) is 3.49. The van der Waals surface area contributed by atoms with Crippen molar-refractivity contribution in [3.05, 3.63) is 12.2 Å². The lowest BCUT2D eigenvalue weighted by Gasteiger charge is -2.23. The molecular weight excluding hydrogens is 122 g/mol. The van der Waals surface area contributed by atoms with E-state index in [2.05, 4.69) is 18.8 Å². The summed E-state index contributed by atoms with van der Waals surface area (Å²) in [6, 6.07) is 0.728. The van der Waals surface area contributed by atoms with E-state index in [-0.39, 0.29) is 0 Å². The lowest BCUT2D eigenvalue weighted by atomic mass is 9.99. The second kappa shape index (κ2) is 3.77. The third-order valence-corrected chi connectivity index (χ3v) is 2.01. The van der Waals surface area contributed by atoms with Crippen molar-refractivity contribution in [2.75, 3.05) is 6.54 Å². The Balaban J connectivity index is 2.19. The summed E-state index contributed by atoms with van der Waals surface area (Å²) in [7, 11) is 0. The lowest BCUT2D eigenvalue weighted by molar-refractivity contribution is 0.399. The van der Waals surface area contributed by atoms with Crippen molar-refractivity contribution in [2.24, 2.45) is 0 Å². The van der Waals surface area contributed by atoms with Gasteiger partial charge in [-0.1, -0.05) is 12.0 Å². The van der Waals surface area contributed by atoms with Crippen LogP contribution in [0.25, 0.3) is 0 Å². The van der Waals surface area contributed by atoms with Crippen molar-refractivity contribution in [3.8, 4) is 0 Å². The molecule has 0 saturated carbocycles. The predicted molar refractivity (Wildman–Crippen MR) is 45.1 cm³/mol. The summed E-state index contributed by atoms with van der Waals surface area (Å²) in [5.41, 5.74) is 1.31. The van der Waals surface area contributed by atoms with Gasteiger partial charge in [-0.15, -0.1) is 6.58 Å². The van der Waals surface area contributed by atoms with Crippen molar-refractivity contribution in [1.29, 1.82) is 0 Å². The highest BCUT2D eigenvalue weighted by Crippen LogP contribution is 2.12. The Bertz CT molecular complexity index is 112. The summed E-state index contributed by atoms with van der Waals surface area (Å²) < 4.78 is 0. The standard InChI is InChI=1S/C9H17N/c1-8(2)7-9-5-3-4-6-10-9/h9-10H,1,3-7H2,2H3/t9-/m0/s1. The maximum absolute atomic E-state index is 3.91. The van der Waals surface area contributed by atoms with E-state index in [0.29, 0.717) is 0 Å². The zero-order valence-electron chi connectivity index (χ0n) is 6.82. The molecule has 0 unspecified atom stereocenters. The van der Waals surface area contributed by atoms with Crippen LogP contribution in [0, 0.1) is 0 Å². The molecule has 1 saturated heterocycles. The van der Waals surface area contributed by atoms with Gasteiger partial charge in [0.15, 0.2) is 0 Å². The van der Waals surface area contributed by atoms with E-state index in [1.165, 1.54) is 37.8 Å². The molecule has 1 heterocycles. The van der Waals surface area contributed by atoms with E-state index >= 15 is 0 Å². The van der Waals surface area contributed by atoms with Gasteiger partial charge < -0.3 is 5.32 Å². The first-order chi connectivity index (χ1) is 4.79. The van der Waals surface area contributed by atoms with Crippen LogP contribution >= 0.6 is 0 Å². The molecule has 1 rings (SSSR count). The molecule has 1 heteroatoms. The molecular formula is C9H17N. The Morgan fingerprint density at radius 1 is 1.60 bits per heavy atom. The Morgan fingerprint density at radius 3 is 2.90 bits per heavy atom. The van der Waals surface area contributed by atoms with Crippen molar-refractivity contribution in [3.63, 3.8) is 0 Å². The normalized spacial score (nSPS) is 26.3. The molecule has 1 aliphatic rings. The summed E-state index contributed by atoms with van der Waals surface area (Å²) in [6.07, 6.45) is 5.25. The summed E-state index contributed by atoms with van der Waals surface area (Å²) in [4.78, 5) is 0. The fourth-order valence-corrected chi connectivity index (χ4v) is 1.52. The molecule has 1 N–H and O–H groups in total. The van der Waals surface area contributed by atoms with Crippen LogP contribution in [-0.4, -0.2) is 12.6 Å². The van der Waals surface area contributed by atoms with E-state index in [1.807, 2.05) is 0 Å². The highest BCUT2D eigenvalue weighted by atomic mass is 14.9.